The molecule has 1 fully saturated rings. The van der Waals surface area contributed by atoms with Crippen molar-refractivity contribution in [2.45, 2.75) is 64.2 Å². The van der Waals surface area contributed by atoms with E-state index in [0.717, 1.165) is 4.90 Å². The predicted octanol–water partition coefficient (Wildman–Crippen LogP) is 6.53. The third-order valence-electron chi connectivity index (χ3n) is 8.85. The van der Waals surface area contributed by atoms with E-state index in [2.05, 4.69) is 30.1 Å². The monoisotopic (exact) mass is 712 g/mol. The molecule has 2 atom stereocenters. The van der Waals surface area contributed by atoms with E-state index in [1.807, 2.05) is 20.8 Å². The van der Waals surface area contributed by atoms with Crippen molar-refractivity contribution in [2.24, 2.45) is 21.6 Å². The molecule has 16 heteroatoms. The van der Waals surface area contributed by atoms with Crippen molar-refractivity contribution in [1.29, 1.82) is 0 Å². The Hall–Kier alpha value is -4.92. The smallest absolute Gasteiger partial charge is 0.395 e. The number of halogens is 5. The third-order valence-corrected chi connectivity index (χ3v) is 9.18. The summed E-state index contributed by atoms with van der Waals surface area (Å²) in [6.07, 6.45) is -1.51. The Balaban J connectivity index is 1.41. The number of guanidine groups is 1. The van der Waals surface area contributed by atoms with Crippen molar-refractivity contribution < 1.29 is 31.9 Å². The second kappa shape index (κ2) is 12.8. The van der Waals surface area contributed by atoms with E-state index in [4.69, 9.17) is 22.1 Å². The number of aromatic amines is 1. The van der Waals surface area contributed by atoms with Crippen molar-refractivity contribution >= 4 is 29.4 Å². The van der Waals surface area contributed by atoms with E-state index in [-0.39, 0.29) is 47.5 Å². The number of nitrogens with one attached hydrogen (secondary N) is 1. The molecule has 2 aliphatic rings. The normalized spacial score (nSPS) is 19.3. The highest BCUT2D eigenvalue weighted by molar-refractivity contribution is 6.33. The van der Waals surface area contributed by atoms with Gasteiger partial charge in [0, 0.05) is 29.1 Å². The standard InChI is InChI=1S/C34H33ClF4N8O3/c1-31(2,3)17-33(22-7-5-20(14-24(22)36)27-41-11-4-12-42-27)29(49)47(30(40)45-33)25(16-50-26(48)15-32(9-10-32)34(37,38)39)19-6-8-23(35)21(13-19)28-43-18-44-46-28/h4-8,11-14,18,25H,9-10,15-17H2,1-3H3,(H2,40,45)(H,43,44,46)/t25-,33-/m1/s1. The molecule has 4 aromatic rings. The number of rotatable bonds is 10. The van der Waals surface area contributed by atoms with E-state index >= 15 is 4.39 Å². The summed E-state index contributed by atoms with van der Waals surface area (Å²) in [7, 11) is 0. The molecule has 1 saturated carbocycles. The van der Waals surface area contributed by atoms with Crippen LogP contribution >= 0.6 is 11.6 Å². The summed E-state index contributed by atoms with van der Waals surface area (Å²) in [4.78, 5) is 45.9. The van der Waals surface area contributed by atoms with Gasteiger partial charge < -0.3 is 10.5 Å². The number of nitrogens with zero attached hydrogens (tertiary/aromatic N) is 6. The van der Waals surface area contributed by atoms with Gasteiger partial charge in [-0.1, -0.05) is 50.6 Å². The third kappa shape index (κ3) is 6.65. The highest BCUT2D eigenvalue weighted by atomic mass is 35.5. The number of ether oxygens (including phenoxy) is 1. The summed E-state index contributed by atoms with van der Waals surface area (Å²) in [6.45, 7) is 4.98. The fraction of sp³-hybridized carbons (Fsp3) is 0.382. The van der Waals surface area contributed by atoms with Gasteiger partial charge in [0.2, 0.25) is 0 Å². The van der Waals surface area contributed by atoms with Gasteiger partial charge in [0.25, 0.3) is 5.91 Å². The Morgan fingerprint density at radius 2 is 1.82 bits per heavy atom. The van der Waals surface area contributed by atoms with Crippen LogP contribution in [0.4, 0.5) is 17.6 Å². The van der Waals surface area contributed by atoms with Crippen molar-refractivity contribution in [1.82, 2.24) is 30.0 Å². The number of amides is 1. The minimum atomic E-state index is -4.58. The van der Waals surface area contributed by atoms with Crippen LogP contribution in [-0.2, 0) is 19.9 Å². The molecule has 1 aliphatic heterocycles. The van der Waals surface area contributed by atoms with Crippen LogP contribution in [0.1, 0.15) is 63.6 Å². The first-order valence-electron chi connectivity index (χ1n) is 15.7. The average molecular weight is 713 g/mol. The minimum Gasteiger partial charge on any atom is -0.463 e. The van der Waals surface area contributed by atoms with Crippen LogP contribution in [0.3, 0.4) is 0 Å². The van der Waals surface area contributed by atoms with Crippen LogP contribution in [-0.4, -0.2) is 60.7 Å². The molecule has 1 aliphatic carbocycles. The lowest BCUT2D eigenvalue weighted by atomic mass is 9.75. The van der Waals surface area contributed by atoms with Crippen LogP contribution in [0, 0.1) is 16.6 Å². The molecule has 262 valence electrons. The van der Waals surface area contributed by atoms with E-state index in [9.17, 15) is 22.8 Å². The molecule has 1 amide bonds. The maximum absolute atomic E-state index is 16.2. The van der Waals surface area contributed by atoms with Crippen LogP contribution in [0.5, 0.6) is 0 Å². The maximum Gasteiger partial charge on any atom is 0.395 e. The Labute approximate surface area is 289 Å². The van der Waals surface area contributed by atoms with E-state index in [0.29, 0.717) is 16.7 Å². The van der Waals surface area contributed by atoms with Crippen LogP contribution in [0.15, 0.2) is 66.2 Å². The summed E-state index contributed by atoms with van der Waals surface area (Å²) in [5.74, 6) is -2.32. The Morgan fingerprint density at radius 1 is 1.10 bits per heavy atom. The van der Waals surface area contributed by atoms with Crippen LogP contribution in [0.2, 0.25) is 5.02 Å². The van der Waals surface area contributed by atoms with Gasteiger partial charge in [-0.15, -0.1) is 0 Å². The zero-order valence-electron chi connectivity index (χ0n) is 27.3. The number of carbonyl (C=O) groups excluding carboxylic acids is 2. The SMILES string of the molecule is CC(C)(C)C[C@]1(c2ccc(-c3ncccn3)cc2F)N=C(N)N([C@H](COC(=O)CC2(C(F)(F)F)CC2)c2ccc(Cl)c(-c3ncn[nH]3)c2)C1=O. The zero-order chi connectivity index (χ0) is 36.1. The molecule has 2 aromatic heterocycles. The quantitative estimate of drug-likeness (QED) is 0.139. The van der Waals surface area contributed by atoms with Crippen molar-refractivity contribution in [3.8, 4) is 22.8 Å². The van der Waals surface area contributed by atoms with E-state index < -0.39 is 59.3 Å². The Bertz CT molecular complexity index is 1950. The number of alkyl halides is 3. The first-order chi connectivity index (χ1) is 23.5. The van der Waals surface area contributed by atoms with Gasteiger partial charge in [0.15, 0.2) is 23.1 Å². The highest BCUT2D eigenvalue weighted by Gasteiger charge is 2.64. The summed E-state index contributed by atoms with van der Waals surface area (Å²) in [5, 5.41) is 6.83. The largest absolute Gasteiger partial charge is 0.463 e. The number of carbonyl (C=O) groups is 2. The lowest BCUT2D eigenvalue weighted by Gasteiger charge is -2.35. The fourth-order valence-corrected chi connectivity index (χ4v) is 6.50. The molecule has 0 radical (unpaired) electrons. The Kier molecular flexibility index (Phi) is 8.91. The Morgan fingerprint density at radius 3 is 2.42 bits per heavy atom. The first kappa shape index (κ1) is 34.9. The van der Waals surface area contributed by atoms with Crippen molar-refractivity contribution in [2.75, 3.05) is 6.61 Å². The number of esters is 1. The van der Waals surface area contributed by atoms with Gasteiger partial charge in [0.05, 0.1) is 22.9 Å². The molecule has 2 aromatic carbocycles. The highest BCUT2D eigenvalue weighted by Crippen LogP contribution is 2.60. The van der Waals surface area contributed by atoms with Crippen LogP contribution < -0.4 is 5.73 Å². The molecular formula is C34H33ClF4N8O3. The molecule has 3 N–H and O–H groups in total. The lowest BCUT2D eigenvalue weighted by Crippen LogP contribution is -2.47. The molecule has 11 nitrogen and oxygen atoms in total. The van der Waals surface area contributed by atoms with Crippen molar-refractivity contribution in [3.05, 3.63) is 83.2 Å². The number of hydrogen-bond acceptors (Lipinski definition) is 9. The molecule has 0 saturated heterocycles. The first-order valence-corrected chi connectivity index (χ1v) is 16.1. The molecule has 0 spiro atoms. The number of benzene rings is 2. The molecular weight excluding hydrogens is 680 g/mol. The summed E-state index contributed by atoms with van der Waals surface area (Å²) >= 11 is 6.47. The number of aromatic nitrogens is 5. The van der Waals surface area contributed by atoms with E-state index in [1.54, 1.807) is 24.3 Å². The van der Waals surface area contributed by atoms with Gasteiger partial charge in [-0.25, -0.2) is 24.3 Å². The fourth-order valence-electron chi connectivity index (χ4n) is 6.29. The number of aliphatic imine (C=N–C) groups is 1. The second-order valence-corrected chi connectivity index (χ2v) is 14.1. The van der Waals surface area contributed by atoms with Gasteiger partial charge in [-0.3, -0.25) is 19.6 Å². The topological polar surface area (TPSA) is 152 Å². The molecule has 0 unspecified atom stereocenters. The second-order valence-electron chi connectivity index (χ2n) is 13.7. The average Bonchev–Trinajstić information content (AvgIpc) is 3.55. The molecule has 0 bridgehead atoms. The van der Waals surface area contributed by atoms with E-state index in [1.165, 1.54) is 36.9 Å². The number of nitrogens with two attached hydrogens (primary N) is 1. The minimum absolute atomic E-state index is 0.0126. The molecule has 6 rings (SSSR count). The van der Waals surface area contributed by atoms with Gasteiger partial charge >= 0.3 is 12.1 Å². The van der Waals surface area contributed by atoms with Gasteiger partial charge in [-0.05, 0) is 54.5 Å². The predicted molar refractivity (Wildman–Crippen MR) is 175 cm³/mol. The lowest BCUT2D eigenvalue weighted by molar-refractivity contribution is -0.195. The van der Waals surface area contributed by atoms with Crippen molar-refractivity contribution in [3.63, 3.8) is 0 Å². The summed E-state index contributed by atoms with van der Waals surface area (Å²) in [6, 6.07) is 9.29. The summed E-state index contributed by atoms with van der Waals surface area (Å²) < 4.78 is 62.7. The molecule has 50 heavy (non-hydrogen) atoms. The van der Waals surface area contributed by atoms with Gasteiger partial charge in [-0.2, -0.15) is 18.3 Å². The van der Waals surface area contributed by atoms with Crippen LogP contribution in [0.25, 0.3) is 22.8 Å². The maximum atomic E-state index is 16.2. The zero-order valence-corrected chi connectivity index (χ0v) is 28.0. The molecule has 3 heterocycles. The summed E-state index contributed by atoms with van der Waals surface area (Å²) in [5.41, 5.74) is 2.94. The number of H-pyrrole nitrogens is 1. The van der Waals surface area contributed by atoms with Gasteiger partial charge in [0.1, 0.15) is 18.8 Å². The number of hydrogen-bond donors (Lipinski definition) is 2.